The number of hydrogen-bond acceptors (Lipinski definition) is 3. The maximum absolute atomic E-state index is 11.3. The molecular weight excluding hydrogens is 156 g/mol. The van der Waals surface area contributed by atoms with Crippen molar-refractivity contribution in [3.63, 3.8) is 0 Å². The monoisotopic (exact) mass is 160 g/mol. The summed E-state index contributed by atoms with van der Waals surface area (Å²) in [7, 11) is 0. The van der Waals surface area contributed by atoms with Crippen LogP contribution in [0.25, 0.3) is 11.1 Å². The van der Waals surface area contributed by atoms with Crippen molar-refractivity contribution >= 4 is 11.1 Å². The molecule has 2 heterocycles. The van der Waals surface area contributed by atoms with E-state index in [1.807, 2.05) is 0 Å². The van der Waals surface area contributed by atoms with Crippen LogP contribution >= 0.6 is 0 Å². The number of fused-ring (bicyclic) bond motifs is 1. The van der Waals surface area contributed by atoms with Gasteiger partial charge in [-0.1, -0.05) is 0 Å². The summed E-state index contributed by atoms with van der Waals surface area (Å²) in [6.45, 7) is 0. The largest absolute Gasteiger partial charge is 0.617 e. The Kier molecular flexibility index (Phi) is 1.25. The second kappa shape index (κ2) is 2.24. The van der Waals surface area contributed by atoms with E-state index in [0.29, 0.717) is 15.8 Å². The molecule has 4 heteroatoms. The van der Waals surface area contributed by atoms with Crippen LogP contribution < -0.4 is 4.73 Å². The van der Waals surface area contributed by atoms with E-state index >= 15 is 0 Å². The minimum atomic E-state index is 0.0731. The Hall–Kier alpha value is -2.02. The van der Waals surface area contributed by atoms with E-state index in [1.54, 1.807) is 12.1 Å². The summed E-state index contributed by atoms with van der Waals surface area (Å²) >= 11 is 0. The molecule has 0 aliphatic carbocycles. The SMILES string of the molecule is N#Cc1ccc2occc2[n+]1[O-]. The van der Waals surface area contributed by atoms with Crippen LogP contribution in [-0.4, -0.2) is 0 Å². The second-order valence-electron chi connectivity index (χ2n) is 2.29. The Morgan fingerprint density at radius 2 is 2.25 bits per heavy atom. The molecule has 0 aromatic carbocycles. The fourth-order valence-electron chi connectivity index (χ4n) is 1.04. The zero-order valence-electron chi connectivity index (χ0n) is 6.02. The second-order valence-corrected chi connectivity index (χ2v) is 2.29. The molecule has 2 rings (SSSR count). The highest BCUT2D eigenvalue weighted by Crippen LogP contribution is 2.10. The molecule has 0 saturated heterocycles. The molecule has 4 nitrogen and oxygen atoms in total. The first kappa shape index (κ1) is 6.68. The van der Waals surface area contributed by atoms with Crippen molar-refractivity contribution in [1.82, 2.24) is 0 Å². The highest BCUT2D eigenvalue weighted by molar-refractivity contribution is 5.68. The van der Waals surface area contributed by atoms with Gasteiger partial charge in [0.15, 0.2) is 11.7 Å². The zero-order valence-corrected chi connectivity index (χ0v) is 6.02. The van der Waals surface area contributed by atoms with E-state index < -0.39 is 0 Å². The van der Waals surface area contributed by atoms with Crippen LogP contribution in [0.4, 0.5) is 0 Å². The molecule has 0 aliphatic heterocycles. The van der Waals surface area contributed by atoms with Crippen molar-refractivity contribution in [2.24, 2.45) is 0 Å². The molecule has 0 unspecified atom stereocenters. The van der Waals surface area contributed by atoms with Gasteiger partial charge in [-0.25, -0.2) is 0 Å². The van der Waals surface area contributed by atoms with Gasteiger partial charge in [0.1, 0.15) is 0 Å². The van der Waals surface area contributed by atoms with Crippen molar-refractivity contribution in [3.05, 3.63) is 35.4 Å². The quantitative estimate of drug-likeness (QED) is 0.425. The first-order valence-corrected chi connectivity index (χ1v) is 3.33. The predicted molar refractivity (Wildman–Crippen MR) is 39.9 cm³/mol. The average Bonchev–Trinajstić information content (AvgIpc) is 2.53. The summed E-state index contributed by atoms with van der Waals surface area (Å²) in [5.41, 5.74) is 0.946. The Labute approximate surface area is 67.8 Å². The third kappa shape index (κ3) is 0.736. The van der Waals surface area contributed by atoms with E-state index in [2.05, 4.69) is 0 Å². The number of hydrogen-bond donors (Lipinski definition) is 0. The summed E-state index contributed by atoms with van der Waals surface area (Å²) in [6.07, 6.45) is 1.42. The van der Waals surface area contributed by atoms with E-state index in [9.17, 15) is 5.21 Å². The van der Waals surface area contributed by atoms with Gasteiger partial charge in [-0.2, -0.15) is 9.99 Å². The van der Waals surface area contributed by atoms with Crippen molar-refractivity contribution in [2.45, 2.75) is 0 Å². The molecule has 0 bridgehead atoms. The molecule has 0 spiro atoms. The Bertz CT molecular complexity index is 467. The molecule has 0 amide bonds. The van der Waals surface area contributed by atoms with Crippen molar-refractivity contribution in [2.75, 3.05) is 0 Å². The summed E-state index contributed by atoms with van der Waals surface area (Å²) < 4.78 is 5.52. The summed E-state index contributed by atoms with van der Waals surface area (Å²) in [4.78, 5) is 0. The van der Waals surface area contributed by atoms with Gasteiger partial charge in [0.2, 0.25) is 0 Å². The third-order valence-electron chi connectivity index (χ3n) is 1.62. The van der Waals surface area contributed by atoms with E-state index in [-0.39, 0.29) is 5.69 Å². The van der Waals surface area contributed by atoms with Gasteiger partial charge in [0.05, 0.1) is 12.3 Å². The fraction of sp³-hybridized carbons (Fsp3) is 0. The minimum Gasteiger partial charge on any atom is -0.617 e. The Morgan fingerprint density at radius 3 is 3.00 bits per heavy atom. The number of rotatable bonds is 0. The number of pyridine rings is 1. The van der Waals surface area contributed by atoms with Crippen molar-refractivity contribution in [1.29, 1.82) is 5.26 Å². The molecule has 12 heavy (non-hydrogen) atoms. The summed E-state index contributed by atoms with van der Waals surface area (Å²) in [6, 6.07) is 6.35. The summed E-state index contributed by atoms with van der Waals surface area (Å²) in [5.74, 6) is 0. The van der Waals surface area contributed by atoms with Gasteiger partial charge < -0.3 is 9.62 Å². The van der Waals surface area contributed by atoms with Crippen molar-refractivity contribution < 1.29 is 9.15 Å². The zero-order chi connectivity index (χ0) is 8.55. The Morgan fingerprint density at radius 1 is 1.42 bits per heavy atom. The minimum absolute atomic E-state index is 0.0731. The first-order chi connectivity index (χ1) is 5.83. The number of aromatic nitrogens is 1. The lowest BCUT2D eigenvalue weighted by atomic mass is 10.3. The number of nitriles is 1. The van der Waals surface area contributed by atoms with Crippen LogP contribution in [-0.2, 0) is 0 Å². The van der Waals surface area contributed by atoms with Crippen LogP contribution in [0, 0.1) is 16.5 Å². The molecule has 0 atom stereocenters. The molecule has 2 aromatic rings. The predicted octanol–water partition coefficient (Wildman–Crippen LogP) is 0.938. The standard InChI is InChI=1S/C8H4N2O2/c9-5-6-1-2-8-7(10(6)11)3-4-12-8/h1-4H. The van der Waals surface area contributed by atoms with Crippen LogP contribution in [0.5, 0.6) is 0 Å². The normalized spacial score (nSPS) is 9.92. The molecule has 2 aromatic heterocycles. The smallest absolute Gasteiger partial charge is 0.295 e. The highest BCUT2D eigenvalue weighted by atomic mass is 16.5. The maximum atomic E-state index is 11.3. The van der Waals surface area contributed by atoms with E-state index in [1.165, 1.54) is 18.4 Å². The van der Waals surface area contributed by atoms with Gasteiger partial charge in [-0.15, -0.1) is 0 Å². The third-order valence-corrected chi connectivity index (χ3v) is 1.62. The van der Waals surface area contributed by atoms with Crippen LogP contribution in [0.2, 0.25) is 0 Å². The Balaban J connectivity index is 2.89. The lowest BCUT2D eigenvalue weighted by Gasteiger charge is -1.96. The first-order valence-electron chi connectivity index (χ1n) is 3.33. The van der Waals surface area contributed by atoms with Gasteiger partial charge in [-0.3, -0.25) is 0 Å². The topological polar surface area (TPSA) is 63.9 Å². The maximum Gasteiger partial charge on any atom is 0.295 e. The molecule has 0 radical (unpaired) electrons. The van der Waals surface area contributed by atoms with Crippen LogP contribution in [0.3, 0.4) is 0 Å². The molecule has 0 fully saturated rings. The van der Waals surface area contributed by atoms with Gasteiger partial charge in [-0.05, 0) is 6.07 Å². The molecular formula is C8H4N2O2. The number of furan rings is 1. The lowest BCUT2D eigenvalue weighted by Crippen LogP contribution is -2.30. The van der Waals surface area contributed by atoms with Crippen LogP contribution in [0.1, 0.15) is 5.69 Å². The number of nitrogens with zero attached hydrogens (tertiary/aromatic N) is 2. The summed E-state index contributed by atoms with van der Waals surface area (Å²) in [5, 5.41) is 19.8. The van der Waals surface area contributed by atoms with E-state index in [0.717, 1.165) is 0 Å². The van der Waals surface area contributed by atoms with Gasteiger partial charge in [0, 0.05) is 6.07 Å². The van der Waals surface area contributed by atoms with E-state index in [4.69, 9.17) is 9.68 Å². The lowest BCUT2D eigenvalue weighted by molar-refractivity contribution is -0.580. The fourth-order valence-corrected chi connectivity index (χ4v) is 1.04. The highest BCUT2D eigenvalue weighted by Gasteiger charge is 2.10. The average molecular weight is 160 g/mol. The van der Waals surface area contributed by atoms with Gasteiger partial charge >= 0.3 is 0 Å². The van der Waals surface area contributed by atoms with Gasteiger partial charge in [0.25, 0.3) is 11.2 Å². The molecule has 0 N–H and O–H groups in total. The molecule has 0 saturated carbocycles. The molecule has 58 valence electrons. The van der Waals surface area contributed by atoms with Crippen molar-refractivity contribution in [3.8, 4) is 6.07 Å². The molecule has 0 aliphatic rings. The van der Waals surface area contributed by atoms with Crippen LogP contribution in [0.15, 0.2) is 28.9 Å².